The van der Waals surface area contributed by atoms with Crippen molar-refractivity contribution in [3.63, 3.8) is 0 Å². The van der Waals surface area contributed by atoms with E-state index >= 15 is 0 Å². The van der Waals surface area contributed by atoms with Crippen LogP contribution in [0.2, 0.25) is 0 Å². The number of aryl methyl sites for hydroxylation is 1. The van der Waals surface area contributed by atoms with Crippen LogP contribution >= 0.6 is 0 Å². The lowest BCUT2D eigenvalue weighted by Gasteiger charge is -2.30. The zero-order chi connectivity index (χ0) is 48.9. The van der Waals surface area contributed by atoms with Crippen molar-refractivity contribution in [1.82, 2.24) is 34.1 Å². The molecule has 0 fully saturated rings. The maximum absolute atomic E-state index is 4.84. The molecule has 0 saturated heterocycles. The Bertz CT molecular complexity index is 2620. The molecule has 7 nitrogen and oxygen atoms in total. The van der Waals surface area contributed by atoms with Crippen molar-refractivity contribution in [2.75, 3.05) is 0 Å². The summed E-state index contributed by atoms with van der Waals surface area (Å²) in [7, 11) is 0. The predicted octanol–water partition coefficient (Wildman–Crippen LogP) is 16.7. The second kappa shape index (κ2) is 24.2. The highest BCUT2D eigenvalue weighted by Crippen LogP contribution is 2.44. The number of allylic oxidation sites excluding steroid dienone is 13. The molecule has 0 radical (unpaired) electrons. The van der Waals surface area contributed by atoms with Crippen LogP contribution in [-0.4, -0.2) is 34.1 Å². The summed E-state index contributed by atoms with van der Waals surface area (Å²) in [6.45, 7) is 37.0. The fourth-order valence-electron chi connectivity index (χ4n) is 9.42. The van der Waals surface area contributed by atoms with E-state index in [1.807, 2.05) is 57.1 Å². The van der Waals surface area contributed by atoms with Crippen molar-refractivity contribution in [2.45, 2.75) is 153 Å². The monoisotopic (exact) mass is 898 g/mol. The Labute approximate surface area is 404 Å². The first-order valence-electron chi connectivity index (χ1n) is 24.9. The molecule has 1 unspecified atom stereocenters. The van der Waals surface area contributed by atoms with Gasteiger partial charge in [0.1, 0.15) is 18.0 Å². The number of aromatic nitrogens is 7. The molecule has 0 N–H and O–H groups in total. The highest BCUT2D eigenvalue weighted by atomic mass is 15.1. The van der Waals surface area contributed by atoms with E-state index in [1.165, 1.54) is 50.2 Å². The minimum absolute atomic E-state index is 0.261. The smallest absolute Gasteiger partial charge is 0.147 e. The third-order valence-corrected chi connectivity index (χ3v) is 12.8. The van der Waals surface area contributed by atoms with E-state index in [-0.39, 0.29) is 11.8 Å². The van der Waals surface area contributed by atoms with Crippen molar-refractivity contribution < 1.29 is 0 Å². The lowest BCUT2D eigenvalue weighted by molar-refractivity contribution is 0.752. The number of nitrogens with zero attached hydrogens (tertiary/aromatic N) is 7. The fourth-order valence-corrected chi connectivity index (χ4v) is 9.42. The van der Waals surface area contributed by atoms with E-state index in [9.17, 15) is 0 Å². The molecule has 7 heteroatoms. The molecule has 1 aromatic carbocycles. The number of rotatable bonds is 14. The first kappa shape index (κ1) is 52.0. The molecule has 4 heterocycles. The highest BCUT2D eigenvalue weighted by Gasteiger charge is 2.28. The first-order chi connectivity index (χ1) is 32.2. The number of hydrogen-bond donors (Lipinski definition) is 0. The first-order valence-corrected chi connectivity index (χ1v) is 24.9. The van der Waals surface area contributed by atoms with Crippen LogP contribution in [0.4, 0.5) is 0 Å². The number of hydrogen-bond acceptors (Lipinski definition) is 5. The molecule has 354 valence electrons. The van der Waals surface area contributed by atoms with Gasteiger partial charge in [-0.1, -0.05) is 150 Å². The van der Waals surface area contributed by atoms with E-state index in [0.29, 0.717) is 23.7 Å². The highest BCUT2D eigenvalue weighted by molar-refractivity contribution is 5.76. The Morgan fingerprint density at radius 2 is 1.39 bits per heavy atom. The Balaban J connectivity index is 0.000000256. The standard InChI is InChI=1S/C35H41N3.C23H32N4.C2H6/c1-23(2)31-20-28(33(27-13-8-7-9-14-27)29-15-11-10-12-25(29)5)21-32(24(3)4)34(31)38-19-18-37-35(38)30-16-17-36-22-26(30)6;1-9-18(15(3)4)22(19(10-2)16(5)6)27-12-11-25-23(27)20-13-24-14-26-21(20)17(7)8;1-2/h8,11,13-24,33H,7,9-10,12H2,1-6H3;9-17H,1H2,2-8H3;1-2H3/b;19-10-,22-18-;. The van der Waals surface area contributed by atoms with Crippen molar-refractivity contribution in [3.8, 4) is 28.5 Å². The summed E-state index contributed by atoms with van der Waals surface area (Å²) in [5.74, 6) is 3.85. The van der Waals surface area contributed by atoms with Gasteiger partial charge in [-0.2, -0.15) is 0 Å². The third-order valence-electron chi connectivity index (χ3n) is 12.8. The van der Waals surface area contributed by atoms with Gasteiger partial charge in [-0.05, 0) is 127 Å². The Kier molecular flexibility index (Phi) is 18.8. The second-order valence-corrected chi connectivity index (χ2v) is 19.1. The topological polar surface area (TPSA) is 74.3 Å². The van der Waals surface area contributed by atoms with Crippen LogP contribution in [0, 0.1) is 18.8 Å². The Hall–Kier alpha value is -5.95. The van der Waals surface area contributed by atoms with Gasteiger partial charge in [-0.3, -0.25) is 14.1 Å². The average molecular weight is 898 g/mol. The van der Waals surface area contributed by atoms with Crippen LogP contribution in [0.1, 0.15) is 174 Å². The van der Waals surface area contributed by atoms with Crippen LogP contribution in [0.3, 0.4) is 0 Å². The quantitative estimate of drug-likeness (QED) is 0.104. The molecule has 4 aromatic heterocycles. The Morgan fingerprint density at radius 1 is 0.716 bits per heavy atom. The zero-order valence-corrected chi connectivity index (χ0v) is 43.5. The maximum Gasteiger partial charge on any atom is 0.147 e. The molecule has 0 saturated carbocycles. The van der Waals surface area contributed by atoms with Crippen molar-refractivity contribution in [2.24, 2.45) is 11.8 Å². The molecule has 0 aliphatic heterocycles. The molecule has 67 heavy (non-hydrogen) atoms. The SMILES string of the molecule is C=C/C(=C(\C(=C/C)C(C)C)n1ccnc1-c1cncnc1C(C)C)C(C)C.CC.CC1=C(C(C2=CCCC=C2)c2cc(C(C)C)c(-n3ccnc3-c3ccncc3C)c(C(C)C)c2)C=CCC1. The lowest BCUT2D eigenvalue weighted by Crippen LogP contribution is -2.14. The minimum atomic E-state index is 0.261. The van der Waals surface area contributed by atoms with E-state index < -0.39 is 0 Å². The Morgan fingerprint density at radius 3 is 1.96 bits per heavy atom. The van der Waals surface area contributed by atoms with E-state index in [1.54, 1.807) is 6.33 Å². The van der Waals surface area contributed by atoms with Gasteiger partial charge < -0.3 is 0 Å². The molecular formula is C60H79N7. The summed E-state index contributed by atoms with van der Waals surface area (Å²) in [6, 6.07) is 7.06. The van der Waals surface area contributed by atoms with Crippen LogP contribution < -0.4 is 0 Å². The summed E-state index contributed by atoms with van der Waals surface area (Å²) in [5, 5.41) is 0. The molecule has 5 aromatic rings. The molecular weight excluding hydrogens is 819 g/mol. The van der Waals surface area contributed by atoms with Crippen molar-refractivity contribution in [1.29, 1.82) is 0 Å². The molecule has 1 atom stereocenters. The fraction of sp³-hybridized carbons (Fsp3) is 0.417. The van der Waals surface area contributed by atoms with Gasteiger partial charge in [0.05, 0.1) is 22.6 Å². The minimum Gasteiger partial charge on any atom is -0.299 e. The summed E-state index contributed by atoms with van der Waals surface area (Å²) in [6.07, 6.45) is 35.8. The second-order valence-electron chi connectivity index (χ2n) is 19.1. The molecule has 2 aliphatic rings. The van der Waals surface area contributed by atoms with Gasteiger partial charge in [0.15, 0.2) is 0 Å². The number of imidazole rings is 2. The van der Waals surface area contributed by atoms with Gasteiger partial charge in [-0.15, -0.1) is 0 Å². The number of pyridine rings is 1. The molecule has 7 rings (SSSR count). The predicted molar refractivity (Wildman–Crippen MR) is 286 cm³/mol. The van der Waals surface area contributed by atoms with Crippen LogP contribution in [0.15, 0.2) is 145 Å². The summed E-state index contributed by atoms with van der Waals surface area (Å²) in [5.41, 5.74) is 17.7. The molecule has 0 amide bonds. The number of benzene rings is 1. The van der Waals surface area contributed by atoms with Gasteiger partial charge >= 0.3 is 0 Å². The zero-order valence-electron chi connectivity index (χ0n) is 43.5. The van der Waals surface area contributed by atoms with Gasteiger partial charge in [0, 0.05) is 54.9 Å². The molecule has 2 aliphatic carbocycles. The van der Waals surface area contributed by atoms with Crippen LogP contribution in [0.25, 0.3) is 34.2 Å². The van der Waals surface area contributed by atoms with E-state index in [0.717, 1.165) is 65.4 Å². The largest absolute Gasteiger partial charge is 0.299 e. The van der Waals surface area contributed by atoms with E-state index in [2.05, 4.69) is 187 Å². The maximum atomic E-state index is 4.84. The molecule has 0 spiro atoms. The molecule has 0 bridgehead atoms. The van der Waals surface area contributed by atoms with Gasteiger partial charge in [0.2, 0.25) is 0 Å². The van der Waals surface area contributed by atoms with Crippen molar-refractivity contribution in [3.05, 3.63) is 173 Å². The average Bonchev–Trinajstić information content (AvgIpc) is 4.01. The normalized spacial score (nSPS) is 14.9. The van der Waals surface area contributed by atoms with Crippen LogP contribution in [0.5, 0.6) is 0 Å². The third kappa shape index (κ3) is 11.8. The van der Waals surface area contributed by atoms with Crippen molar-refractivity contribution >= 4 is 5.70 Å². The summed E-state index contributed by atoms with van der Waals surface area (Å²) < 4.78 is 4.49. The summed E-state index contributed by atoms with van der Waals surface area (Å²) >= 11 is 0. The lowest BCUT2D eigenvalue weighted by atomic mass is 9.76. The van der Waals surface area contributed by atoms with Gasteiger partial charge in [-0.25, -0.2) is 19.9 Å². The van der Waals surface area contributed by atoms with E-state index in [4.69, 9.17) is 4.98 Å². The summed E-state index contributed by atoms with van der Waals surface area (Å²) in [4.78, 5) is 22.6. The van der Waals surface area contributed by atoms with Gasteiger partial charge in [0.25, 0.3) is 0 Å². The van der Waals surface area contributed by atoms with Crippen LogP contribution in [-0.2, 0) is 0 Å².